The van der Waals surface area contributed by atoms with Gasteiger partial charge in [-0.1, -0.05) is 64.6 Å². The van der Waals surface area contributed by atoms with E-state index < -0.39 is 35.3 Å². The molecule has 0 bridgehead atoms. The molecule has 0 fully saturated rings. The second kappa shape index (κ2) is 8.86. The Labute approximate surface area is 238 Å². The normalized spacial score (nSPS) is 14.9. The molecule has 1 aliphatic carbocycles. The standard InChI is InChI=1S/C27H10Cl4N2O6/c28-19-17-18(20(29)22(31)21(19)30)24(35)16(23(17)34)14-8-15(11-3-1-2-4-13(11)32-14)33-25(36)10-6-5-9(27(38)39)7-12(10)26(33)37/h1-8,16H,(H,38,39). The van der Waals surface area contributed by atoms with Gasteiger partial charge in [0.2, 0.25) is 0 Å². The topological polar surface area (TPSA) is 122 Å². The summed E-state index contributed by atoms with van der Waals surface area (Å²) in [7, 11) is 0. The maximum Gasteiger partial charge on any atom is 0.335 e. The number of benzene rings is 3. The molecule has 8 nitrogen and oxygen atoms in total. The number of para-hydroxylation sites is 1. The molecule has 2 heterocycles. The van der Waals surface area contributed by atoms with Gasteiger partial charge in [0.25, 0.3) is 11.8 Å². The maximum absolute atomic E-state index is 13.5. The third kappa shape index (κ3) is 3.53. The van der Waals surface area contributed by atoms with E-state index >= 15 is 0 Å². The van der Waals surface area contributed by atoms with Crippen LogP contribution in [0.2, 0.25) is 20.1 Å². The van der Waals surface area contributed by atoms with Crippen LogP contribution in [0, 0.1) is 0 Å². The smallest absolute Gasteiger partial charge is 0.335 e. The number of amides is 2. The first-order valence-electron chi connectivity index (χ1n) is 11.1. The summed E-state index contributed by atoms with van der Waals surface area (Å²) < 4.78 is 0. The van der Waals surface area contributed by atoms with E-state index in [1.165, 1.54) is 18.2 Å². The highest BCUT2D eigenvalue weighted by molar-refractivity contribution is 6.55. The number of pyridine rings is 1. The third-order valence-corrected chi connectivity index (χ3v) is 8.47. The van der Waals surface area contributed by atoms with Gasteiger partial charge in [0, 0.05) is 5.39 Å². The van der Waals surface area contributed by atoms with Gasteiger partial charge in [0.15, 0.2) is 11.6 Å². The second-order valence-corrected chi connectivity index (χ2v) is 10.3. The average molecular weight is 600 g/mol. The third-order valence-electron chi connectivity index (χ3n) is 6.67. The summed E-state index contributed by atoms with van der Waals surface area (Å²) in [6.07, 6.45) is 0. The van der Waals surface area contributed by atoms with Gasteiger partial charge in [-0.15, -0.1) is 0 Å². The number of aromatic nitrogens is 1. The first-order valence-corrected chi connectivity index (χ1v) is 12.6. The van der Waals surface area contributed by atoms with Crippen molar-refractivity contribution in [3.63, 3.8) is 0 Å². The van der Waals surface area contributed by atoms with Crippen LogP contribution in [0.25, 0.3) is 10.9 Å². The van der Waals surface area contributed by atoms with Crippen molar-refractivity contribution in [2.45, 2.75) is 5.92 Å². The fourth-order valence-electron chi connectivity index (χ4n) is 4.87. The Morgan fingerprint density at radius 3 is 1.97 bits per heavy atom. The van der Waals surface area contributed by atoms with Crippen molar-refractivity contribution < 1.29 is 29.1 Å². The van der Waals surface area contributed by atoms with Gasteiger partial charge in [-0.25, -0.2) is 9.69 Å². The van der Waals surface area contributed by atoms with E-state index in [2.05, 4.69) is 4.98 Å². The number of carbonyl (C=O) groups is 5. The highest BCUT2D eigenvalue weighted by Crippen LogP contribution is 2.48. The van der Waals surface area contributed by atoms with Crippen molar-refractivity contribution >= 4 is 92.3 Å². The summed E-state index contributed by atoms with van der Waals surface area (Å²) >= 11 is 24.8. The highest BCUT2D eigenvalue weighted by Gasteiger charge is 2.46. The van der Waals surface area contributed by atoms with Crippen LogP contribution < -0.4 is 4.90 Å². The Bertz CT molecular complexity index is 1840. The van der Waals surface area contributed by atoms with Gasteiger partial charge >= 0.3 is 5.97 Å². The Kier molecular flexibility index (Phi) is 5.78. The quantitative estimate of drug-likeness (QED) is 0.123. The van der Waals surface area contributed by atoms with Crippen LogP contribution in [-0.4, -0.2) is 39.4 Å². The zero-order valence-electron chi connectivity index (χ0n) is 19.1. The Morgan fingerprint density at radius 2 is 1.36 bits per heavy atom. The molecule has 192 valence electrons. The van der Waals surface area contributed by atoms with E-state index in [1.54, 1.807) is 24.3 Å². The van der Waals surface area contributed by atoms with E-state index in [-0.39, 0.29) is 64.8 Å². The number of imide groups is 1. The molecule has 0 saturated carbocycles. The van der Waals surface area contributed by atoms with Crippen LogP contribution in [0.5, 0.6) is 0 Å². The highest BCUT2D eigenvalue weighted by atomic mass is 35.5. The Hall–Kier alpha value is -3.82. The number of anilines is 1. The molecule has 0 unspecified atom stereocenters. The van der Waals surface area contributed by atoms with Crippen LogP contribution in [-0.2, 0) is 0 Å². The van der Waals surface area contributed by atoms with Crippen molar-refractivity contribution in [3.05, 3.63) is 102 Å². The molecule has 2 aliphatic rings. The van der Waals surface area contributed by atoms with E-state index in [1.807, 2.05) is 0 Å². The van der Waals surface area contributed by atoms with Crippen molar-refractivity contribution in [1.82, 2.24) is 4.98 Å². The number of aromatic carboxylic acids is 1. The largest absolute Gasteiger partial charge is 0.478 e. The molecular weight excluding hydrogens is 590 g/mol. The van der Waals surface area contributed by atoms with Gasteiger partial charge < -0.3 is 5.11 Å². The molecule has 1 aromatic heterocycles. The summed E-state index contributed by atoms with van der Waals surface area (Å²) in [5.74, 6) is -5.67. The summed E-state index contributed by atoms with van der Waals surface area (Å²) in [5, 5.41) is 8.91. The molecule has 0 saturated heterocycles. The number of halogens is 4. The lowest BCUT2D eigenvalue weighted by Crippen LogP contribution is -2.30. The number of hydrogen-bond acceptors (Lipinski definition) is 6. The van der Waals surface area contributed by atoms with E-state index in [0.717, 1.165) is 11.0 Å². The van der Waals surface area contributed by atoms with Crippen LogP contribution in [0.1, 0.15) is 63.4 Å². The molecule has 1 N–H and O–H groups in total. The lowest BCUT2D eigenvalue weighted by atomic mass is 9.97. The van der Waals surface area contributed by atoms with Crippen LogP contribution in [0.4, 0.5) is 5.69 Å². The average Bonchev–Trinajstić information content (AvgIpc) is 3.33. The summed E-state index contributed by atoms with van der Waals surface area (Å²) in [6.45, 7) is 0. The monoisotopic (exact) mass is 598 g/mol. The Morgan fingerprint density at radius 1 is 0.769 bits per heavy atom. The van der Waals surface area contributed by atoms with Gasteiger partial charge in [0.05, 0.1) is 64.8 Å². The number of carboxylic acids is 1. The summed E-state index contributed by atoms with van der Waals surface area (Å²) in [6, 6.07) is 11.5. The molecule has 0 atom stereocenters. The van der Waals surface area contributed by atoms with Crippen molar-refractivity contribution in [1.29, 1.82) is 0 Å². The molecule has 39 heavy (non-hydrogen) atoms. The number of hydrogen-bond donors (Lipinski definition) is 1. The molecular formula is C27H10Cl4N2O6. The molecule has 12 heteroatoms. The van der Waals surface area contributed by atoms with E-state index in [0.29, 0.717) is 5.39 Å². The zero-order chi connectivity index (χ0) is 27.9. The number of ketones is 2. The first-order chi connectivity index (χ1) is 18.5. The number of carbonyl (C=O) groups excluding carboxylic acids is 4. The molecule has 1 aliphatic heterocycles. The minimum Gasteiger partial charge on any atom is -0.478 e. The van der Waals surface area contributed by atoms with Crippen molar-refractivity contribution in [2.24, 2.45) is 0 Å². The molecule has 0 spiro atoms. The second-order valence-electron chi connectivity index (χ2n) is 8.76. The van der Waals surface area contributed by atoms with E-state index in [9.17, 15) is 29.1 Å². The lowest BCUT2D eigenvalue weighted by Gasteiger charge is -2.19. The molecule has 2 amide bonds. The number of fused-ring (bicyclic) bond motifs is 3. The van der Waals surface area contributed by atoms with Crippen LogP contribution >= 0.6 is 46.4 Å². The minimum atomic E-state index is -1.50. The fourth-order valence-corrected chi connectivity index (χ4v) is 5.91. The SMILES string of the molecule is O=C(O)c1ccc2c(c1)C(=O)N(c1cc(C3C(=O)c4c(Cl)c(Cl)c(Cl)c(Cl)c4C3=O)nc3ccccc13)C2=O. The first kappa shape index (κ1) is 25.5. The summed E-state index contributed by atoms with van der Waals surface area (Å²) in [5.41, 5.74) is -0.337. The van der Waals surface area contributed by atoms with Crippen LogP contribution in [0.3, 0.4) is 0 Å². The van der Waals surface area contributed by atoms with Gasteiger partial charge in [-0.05, 0) is 30.3 Å². The predicted octanol–water partition coefficient (Wildman–Crippen LogP) is 6.51. The predicted molar refractivity (Wildman–Crippen MR) is 144 cm³/mol. The lowest BCUT2D eigenvalue weighted by molar-refractivity contribution is 0.0695. The number of rotatable bonds is 3. The Balaban J connectivity index is 1.54. The van der Waals surface area contributed by atoms with Crippen molar-refractivity contribution in [2.75, 3.05) is 4.90 Å². The zero-order valence-corrected chi connectivity index (χ0v) is 22.1. The van der Waals surface area contributed by atoms with Crippen LogP contribution in [0.15, 0.2) is 48.5 Å². The van der Waals surface area contributed by atoms with Crippen molar-refractivity contribution in [3.8, 4) is 0 Å². The van der Waals surface area contributed by atoms with Gasteiger partial charge in [-0.2, -0.15) is 0 Å². The molecule has 3 aromatic carbocycles. The number of nitrogens with zero attached hydrogens (tertiary/aromatic N) is 2. The van der Waals surface area contributed by atoms with Gasteiger partial charge in [-0.3, -0.25) is 24.2 Å². The molecule has 0 radical (unpaired) electrons. The molecule has 6 rings (SSSR count). The summed E-state index contributed by atoms with van der Waals surface area (Å²) in [4.78, 5) is 70.6. The number of carboxylic acid groups (broad SMARTS) is 1. The van der Waals surface area contributed by atoms with Gasteiger partial charge in [0.1, 0.15) is 5.92 Å². The number of Topliss-reactive ketones (excluding diaryl/α,β-unsaturated/α-hetero) is 2. The fraction of sp³-hybridized carbons (Fsp3) is 0.0370. The minimum absolute atomic E-state index is 0.00992. The maximum atomic E-state index is 13.5. The molecule has 4 aromatic rings. The van der Waals surface area contributed by atoms with E-state index in [4.69, 9.17) is 46.4 Å².